The second-order valence-electron chi connectivity index (χ2n) is 7.52. The quantitative estimate of drug-likeness (QED) is 0.135. The van der Waals surface area contributed by atoms with Crippen LogP contribution in [0, 0.1) is 11.8 Å². The first-order valence-corrected chi connectivity index (χ1v) is 12.7. The van der Waals surface area contributed by atoms with Crippen LogP contribution in [-0.2, 0) is 42.6 Å². The molecule has 1 aromatic rings. The lowest BCUT2D eigenvalue weighted by Gasteiger charge is -2.08. The lowest BCUT2D eigenvalue weighted by atomic mass is 10.1. The molecule has 216 valence electrons. The van der Waals surface area contributed by atoms with Gasteiger partial charge in [0.25, 0.3) is 0 Å². The van der Waals surface area contributed by atoms with Crippen molar-refractivity contribution in [3.63, 3.8) is 0 Å². The standard InChI is InChI=1S/C27H42O11/c1-30-8-9-32-12-13-34-16-17-36-20-21-38-23-22-37-19-18-35-15-14-33-11-10-31-7-3-5-25-4-2-6-26(24-25)27(28)29/h2,4,6,24H,7-23H2,1H3,(H,28,29). The Bertz CT molecular complexity index is 748. The number of methoxy groups -OCH3 is 1. The molecule has 0 unspecified atom stereocenters. The van der Waals surface area contributed by atoms with Gasteiger partial charge in [-0.25, -0.2) is 4.79 Å². The number of hydrogen-bond acceptors (Lipinski definition) is 10. The topological polar surface area (TPSA) is 120 Å². The van der Waals surface area contributed by atoms with Crippen molar-refractivity contribution in [1.29, 1.82) is 0 Å². The van der Waals surface area contributed by atoms with Gasteiger partial charge < -0.3 is 47.7 Å². The Morgan fingerprint density at radius 1 is 0.632 bits per heavy atom. The van der Waals surface area contributed by atoms with Crippen LogP contribution < -0.4 is 0 Å². The summed E-state index contributed by atoms with van der Waals surface area (Å²) < 4.78 is 48.1. The molecule has 0 saturated carbocycles. The second kappa shape index (κ2) is 26.5. The molecule has 0 bridgehead atoms. The summed E-state index contributed by atoms with van der Waals surface area (Å²) in [6.07, 6.45) is 0. The van der Waals surface area contributed by atoms with E-state index in [-0.39, 0.29) is 12.2 Å². The third kappa shape index (κ3) is 21.9. The minimum absolute atomic E-state index is 0.209. The summed E-state index contributed by atoms with van der Waals surface area (Å²) in [5.41, 5.74) is 0.846. The van der Waals surface area contributed by atoms with Gasteiger partial charge in [0.2, 0.25) is 0 Å². The Balaban J connectivity index is 1.73. The van der Waals surface area contributed by atoms with Gasteiger partial charge in [-0.15, -0.1) is 0 Å². The van der Waals surface area contributed by atoms with Crippen molar-refractivity contribution in [2.24, 2.45) is 0 Å². The van der Waals surface area contributed by atoms with Crippen LogP contribution in [0.2, 0.25) is 0 Å². The minimum Gasteiger partial charge on any atom is -0.478 e. The predicted octanol–water partition coefficient (Wildman–Crippen LogP) is 1.52. The third-order valence-electron chi connectivity index (χ3n) is 4.55. The van der Waals surface area contributed by atoms with Gasteiger partial charge in [-0.3, -0.25) is 0 Å². The van der Waals surface area contributed by atoms with Crippen LogP contribution in [0.1, 0.15) is 15.9 Å². The van der Waals surface area contributed by atoms with Crippen molar-refractivity contribution in [2.45, 2.75) is 0 Å². The maximum atomic E-state index is 10.9. The summed E-state index contributed by atoms with van der Waals surface area (Å²) in [6.45, 7) is 8.34. The normalized spacial score (nSPS) is 10.9. The Hall–Kier alpha value is -2.11. The second-order valence-corrected chi connectivity index (χ2v) is 7.52. The number of aromatic carboxylic acids is 1. The van der Waals surface area contributed by atoms with Crippen LogP contribution in [0.5, 0.6) is 0 Å². The van der Waals surface area contributed by atoms with Crippen LogP contribution in [0.15, 0.2) is 24.3 Å². The molecule has 0 atom stereocenters. The number of rotatable bonds is 26. The van der Waals surface area contributed by atoms with Crippen molar-refractivity contribution >= 4 is 5.97 Å². The van der Waals surface area contributed by atoms with Gasteiger partial charge in [-0.2, -0.15) is 0 Å². The van der Waals surface area contributed by atoms with E-state index < -0.39 is 5.97 Å². The van der Waals surface area contributed by atoms with Crippen LogP contribution in [0.3, 0.4) is 0 Å². The molecule has 0 amide bonds. The number of carbonyl (C=O) groups is 1. The van der Waals surface area contributed by atoms with Crippen LogP contribution in [-0.4, -0.2) is 131 Å². The van der Waals surface area contributed by atoms with Gasteiger partial charge in [0.1, 0.15) is 6.61 Å². The lowest BCUT2D eigenvalue weighted by Crippen LogP contribution is -2.15. The SMILES string of the molecule is COCCOCCOCCOCCOCCOCCOCCOCCOCC#Cc1cccc(C(=O)O)c1. The molecule has 1 aromatic carbocycles. The molecule has 11 heteroatoms. The first kappa shape index (κ1) is 33.9. The van der Waals surface area contributed by atoms with E-state index in [0.29, 0.717) is 111 Å². The maximum Gasteiger partial charge on any atom is 0.335 e. The van der Waals surface area contributed by atoms with Crippen molar-refractivity contribution in [3.8, 4) is 11.8 Å². The average Bonchev–Trinajstić information content (AvgIpc) is 2.92. The van der Waals surface area contributed by atoms with Gasteiger partial charge in [0, 0.05) is 12.7 Å². The molecule has 0 aliphatic carbocycles. The lowest BCUT2D eigenvalue weighted by molar-refractivity contribution is -0.0238. The molecule has 0 aliphatic rings. The number of ether oxygens (including phenoxy) is 9. The van der Waals surface area contributed by atoms with Gasteiger partial charge in [-0.05, 0) is 18.2 Å². The summed E-state index contributed by atoms with van der Waals surface area (Å²) in [4.78, 5) is 10.9. The maximum absolute atomic E-state index is 10.9. The van der Waals surface area contributed by atoms with Gasteiger partial charge >= 0.3 is 5.97 Å². The Kier molecular flexibility index (Phi) is 23.6. The van der Waals surface area contributed by atoms with Crippen molar-refractivity contribution in [3.05, 3.63) is 35.4 Å². The number of carboxylic acids is 1. The highest BCUT2D eigenvalue weighted by Crippen LogP contribution is 2.03. The van der Waals surface area contributed by atoms with E-state index in [0.717, 1.165) is 0 Å². The Labute approximate surface area is 225 Å². The largest absolute Gasteiger partial charge is 0.478 e. The molecule has 1 rings (SSSR count). The summed E-state index contributed by atoms with van der Waals surface area (Å²) in [5, 5.41) is 8.97. The fourth-order valence-electron chi connectivity index (χ4n) is 2.67. The molecular weight excluding hydrogens is 500 g/mol. The van der Waals surface area contributed by atoms with Crippen molar-refractivity contribution < 1.29 is 52.5 Å². The summed E-state index contributed by atoms with van der Waals surface area (Å²) in [5.74, 6) is 4.75. The molecule has 0 fully saturated rings. The minimum atomic E-state index is -0.976. The monoisotopic (exact) mass is 542 g/mol. The van der Waals surface area contributed by atoms with E-state index in [2.05, 4.69) is 11.8 Å². The first-order chi connectivity index (χ1) is 18.7. The molecule has 38 heavy (non-hydrogen) atoms. The van der Waals surface area contributed by atoms with E-state index in [4.69, 9.17) is 47.7 Å². The Morgan fingerprint density at radius 2 is 1.03 bits per heavy atom. The molecule has 0 aromatic heterocycles. The highest BCUT2D eigenvalue weighted by atomic mass is 16.6. The van der Waals surface area contributed by atoms with Crippen molar-refractivity contribution in [1.82, 2.24) is 0 Å². The highest BCUT2D eigenvalue weighted by Gasteiger charge is 2.01. The van der Waals surface area contributed by atoms with Crippen molar-refractivity contribution in [2.75, 3.05) is 119 Å². The Morgan fingerprint density at radius 3 is 1.42 bits per heavy atom. The fourth-order valence-corrected chi connectivity index (χ4v) is 2.67. The molecule has 11 nitrogen and oxygen atoms in total. The molecule has 0 radical (unpaired) electrons. The highest BCUT2D eigenvalue weighted by molar-refractivity contribution is 5.87. The smallest absolute Gasteiger partial charge is 0.335 e. The van der Waals surface area contributed by atoms with E-state index in [1.54, 1.807) is 19.2 Å². The van der Waals surface area contributed by atoms with E-state index >= 15 is 0 Å². The first-order valence-electron chi connectivity index (χ1n) is 12.7. The van der Waals surface area contributed by atoms with Gasteiger partial charge in [0.15, 0.2) is 0 Å². The molecule has 1 N–H and O–H groups in total. The van der Waals surface area contributed by atoms with E-state index in [1.165, 1.54) is 12.1 Å². The van der Waals surface area contributed by atoms with Crippen LogP contribution >= 0.6 is 0 Å². The predicted molar refractivity (Wildman–Crippen MR) is 139 cm³/mol. The third-order valence-corrected chi connectivity index (χ3v) is 4.55. The van der Waals surface area contributed by atoms with Crippen LogP contribution in [0.25, 0.3) is 0 Å². The average molecular weight is 543 g/mol. The summed E-state index contributed by atoms with van der Waals surface area (Å²) >= 11 is 0. The number of benzene rings is 1. The zero-order valence-corrected chi connectivity index (χ0v) is 22.4. The van der Waals surface area contributed by atoms with Gasteiger partial charge in [-0.1, -0.05) is 17.9 Å². The summed E-state index contributed by atoms with van der Waals surface area (Å²) in [7, 11) is 1.64. The van der Waals surface area contributed by atoms with Crippen LogP contribution in [0.4, 0.5) is 0 Å². The number of hydrogen-bond donors (Lipinski definition) is 1. The molecule has 0 saturated heterocycles. The summed E-state index contributed by atoms with van der Waals surface area (Å²) in [6, 6.07) is 6.46. The zero-order chi connectivity index (χ0) is 27.4. The molecule has 0 heterocycles. The fraction of sp³-hybridized carbons (Fsp3) is 0.667. The zero-order valence-electron chi connectivity index (χ0n) is 22.4. The van der Waals surface area contributed by atoms with Gasteiger partial charge in [0.05, 0.1) is 111 Å². The molecular formula is C27H42O11. The van der Waals surface area contributed by atoms with E-state index in [1.807, 2.05) is 0 Å². The molecule has 0 spiro atoms. The van der Waals surface area contributed by atoms with E-state index in [9.17, 15) is 4.79 Å². The molecule has 0 aliphatic heterocycles. The number of carboxylic acid groups (broad SMARTS) is 1.